The second-order valence-corrected chi connectivity index (χ2v) is 10.0. The molecule has 3 N–H and O–H groups in total. The van der Waals surface area contributed by atoms with Gasteiger partial charge in [0.15, 0.2) is 0 Å². The Morgan fingerprint density at radius 2 is 1.68 bits per heavy atom. The number of hydrogen-bond donors (Lipinski definition) is 2. The van der Waals surface area contributed by atoms with Crippen LogP contribution in [0.1, 0.15) is 38.5 Å². The molecule has 4 aromatic rings. The van der Waals surface area contributed by atoms with E-state index in [0.29, 0.717) is 38.7 Å². The van der Waals surface area contributed by atoms with Gasteiger partial charge in [0.2, 0.25) is 5.91 Å². The first-order chi connectivity index (χ1) is 17.8. The lowest BCUT2D eigenvalue weighted by molar-refractivity contribution is -0.119. The van der Waals surface area contributed by atoms with Crippen LogP contribution in [0.3, 0.4) is 0 Å². The lowest BCUT2D eigenvalue weighted by atomic mass is 9.87. The summed E-state index contributed by atoms with van der Waals surface area (Å²) < 4.78 is 15.6. The molecule has 184 valence electrons. The van der Waals surface area contributed by atoms with E-state index >= 15 is 4.39 Å². The third-order valence-corrected chi connectivity index (χ3v) is 7.56. The lowest BCUT2D eigenvalue weighted by Crippen LogP contribution is -2.25. The molecule has 8 heteroatoms. The minimum absolute atomic E-state index is 0.0260. The molecule has 0 aliphatic carbocycles. The summed E-state index contributed by atoms with van der Waals surface area (Å²) in [5, 5.41) is 10.0. The maximum Gasteiger partial charge on any atom is 0.335 e. The molecule has 0 saturated heterocycles. The van der Waals surface area contributed by atoms with Crippen LogP contribution in [0.5, 0.6) is 0 Å². The van der Waals surface area contributed by atoms with Crippen molar-refractivity contribution in [3.63, 3.8) is 0 Å². The Bertz CT molecular complexity index is 1560. The number of aliphatic imine (C=N–C) groups is 1. The molecule has 0 bridgehead atoms. The molecule has 1 aliphatic rings. The molecule has 1 amide bonds. The van der Waals surface area contributed by atoms with Gasteiger partial charge < -0.3 is 10.8 Å². The van der Waals surface area contributed by atoms with E-state index in [0.717, 1.165) is 9.79 Å². The molecule has 5 nitrogen and oxygen atoms in total. The third kappa shape index (κ3) is 5.01. The molecule has 0 radical (unpaired) electrons. The molecule has 0 aromatic heterocycles. The predicted molar refractivity (Wildman–Crippen MR) is 143 cm³/mol. The largest absolute Gasteiger partial charge is 0.478 e. The van der Waals surface area contributed by atoms with Gasteiger partial charge in [-0.25, -0.2) is 14.2 Å². The number of carboxylic acids is 1. The van der Waals surface area contributed by atoms with E-state index in [1.54, 1.807) is 60.7 Å². The summed E-state index contributed by atoms with van der Waals surface area (Å²) in [5.74, 6) is -2.89. The number of halogens is 2. The van der Waals surface area contributed by atoms with E-state index in [9.17, 15) is 14.7 Å². The molecule has 0 saturated carbocycles. The van der Waals surface area contributed by atoms with Gasteiger partial charge in [-0.15, -0.1) is 0 Å². The second-order valence-electron chi connectivity index (χ2n) is 8.53. The van der Waals surface area contributed by atoms with Crippen molar-refractivity contribution in [2.24, 2.45) is 10.7 Å². The summed E-state index contributed by atoms with van der Waals surface area (Å²) in [6.45, 7) is 0. The Balaban J connectivity index is 1.75. The van der Waals surface area contributed by atoms with Crippen LogP contribution in [0.15, 0.2) is 99.7 Å². The first-order valence-corrected chi connectivity index (χ1v) is 12.6. The fourth-order valence-corrected chi connectivity index (χ4v) is 5.52. The Labute approximate surface area is 221 Å². The highest BCUT2D eigenvalue weighted by atomic mass is 35.5. The van der Waals surface area contributed by atoms with Gasteiger partial charge in [0, 0.05) is 25.9 Å². The number of hydrogen-bond acceptors (Lipinski definition) is 4. The number of carbonyl (C=O) groups excluding carboxylic acids is 1. The van der Waals surface area contributed by atoms with Crippen LogP contribution in [-0.4, -0.2) is 22.7 Å². The van der Waals surface area contributed by atoms with Crippen LogP contribution in [0.2, 0.25) is 5.02 Å². The Hall–Kier alpha value is -3.94. The van der Waals surface area contributed by atoms with Crippen LogP contribution in [0.4, 0.5) is 10.1 Å². The Kier molecular flexibility index (Phi) is 6.82. The standard InChI is InChI=1S/C29H20ClFN2O3S/c30-19-9-6-17(7-10-19)27-26-21(15-20(28(32)34)16-4-2-1-3-5-16)22(31)11-13-25(26)37-24-12-8-18(29(35)36)14-23(24)33-27/h1-14,20H,15H2,(H2,32,34)(H,35,36). The van der Waals surface area contributed by atoms with Crippen molar-refractivity contribution >= 4 is 46.6 Å². The summed E-state index contributed by atoms with van der Waals surface area (Å²) in [6, 6.07) is 23.8. The maximum atomic E-state index is 15.6. The number of nitrogens with zero attached hydrogens (tertiary/aromatic N) is 1. The van der Waals surface area contributed by atoms with Gasteiger partial charge in [0.05, 0.1) is 22.9 Å². The van der Waals surface area contributed by atoms with Crippen molar-refractivity contribution in [1.82, 2.24) is 0 Å². The summed E-state index contributed by atoms with van der Waals surface area (Å²) in [6.07, 6.45) is 0.0260. The predicted octanol–water partition coefficient (Wildman–Crippen LogP) is 6.62. The highest BCUT2D eigenvalue weighted by molar-refractivity contribution is 7.99. The third-order valence-electron chi connectivity index (χ3n) is 6.18. The van der Waals surface area contributed by atoms with Crippen LogP contribution in [0.25, 0.3) is 0 Å². The highest BCUT2D eigenvalue weighted by Crippen LogP contribution is 2.44. The molecular formula is C29H20ClFN2O3S. The molecule has 1 unspecified atom stereocenters. The molecule has 1 heterocycles. The van der Waals surface area contributed by atoms with Crippen molar-refractivity contribution in [3.05, 3.63) is 124 Å². The van der Waals surface area contributed by atoms with Gasteiger partial charge in [-0.1, -0.05) is 65.8 Å². The minimum atomic E-state index is -1.07. The van der Waals surface area contributed by atoms with Gasteiger partial charge in [-0.3, -0.25) is 4.79 Å². The topological polar surface area (TPSA) is 92.8 Å². The number of aromatic carboxylic acids is 1. The number of nitrogens with two attached hydrogens (primary N) is 1. The molecule has 1 aliphatic heterocycles. The van der Waals surface area contributed by atoms with Gasteiger partial charge in [0.1, 0.15) is 5.82 Å². The summed E-state index contributed by atoms with van der Waals surface area (Å²) in [5.41, 5.74) is 8.97. The van der Waals surface area contributed by atoms with Crippen molar-refractivity contribution in [2.75, 3.05) is 0 Å². The van der Waals surface area contributed by atoms with Gasteiger partial charge >= 0.3 is 5.97 Å². The van der Waals surface area contributed by atoms with Crippen LogP contribution < -0.4 is 5.73 Å². The first kappa shape index (κ1) is 24.7. The molecule has 4 aromatic carbocycles. The van der Waals surface area contributed by atoms with Crippen molar-refractivity contribution in [1.29, 1.82) is 0 Å². The van der Waals surface area contributed by atoms with Gasteiger partial charge in [-0.2, -0.15) is 0 Å². The van der Waals surface area contributed by atoms with Gasteiger partial charge in [0.25, 0.3) is 0 Å². The van der Waals surface area contributed by atoms with E-state index in [1.165, 1.54) is 30.0 Å². The van der Waals surface area contributed by atoms with E-state index in [1.807, 2.05) is 6.07 Å². The average molecular weight is 531 g/mol. The van der Waals surface area contributed by atoms with Crippen molar-refractivity contribution in [2.45, 2.75) is 22.1 Å². The first-order valence-electron chi connectivity index (χ1n) is 11.4. The highest BCUT2D eigenvalue weighted by Gasteiger charge is 2.28. The molecule has 0 spiro atoms. The Morgan fingerprint density at radius 1 is 0.973 bits per heavy atom. The minimum Gasteiger partial charge on any atom is -0.478 e. The van der Waals surface area contributed by atoms with Crippen LogP contribution in [-0.2, 0) is 11.2 Å². The van der Waals surface area contributed by atoms with E-state index in [4.69, 9.17) is 22.3 Å². The summed E-state index contributed by atoms with van der Waals surface area (Å²) >= 11 is 7.49. The van der Waals surface area contributed by atoms with Gasteiger partial charge in [-0.05, 0) is 60.0 Å². The number of carbonyl (C=O) groups is 2. The molecule has 0 fully saturated rings. The number of carboxylic acid groups (broad SMARTS) is 1. The zero-order valence-electron chi connectivity index (χ0n) is 19.3. The normalized spacial score (nSPS) is 13.1. The average Bonchev–Trinajstić information content (AvgIpc) is 3.05. The zero-order chi connectivity index (χ0) is 26.1. The summed E-state index contributed by atoms with van der Waals surface area (Å²) in [4.78, 5) is 30.5. The van der Waals surface area contributed by atoms with E-state index < -0.39 is 23.6 Å². The van der Waals surface area contributed by atoms with E-state index in [2.05, 4.69) is 0 Å². The van der Waals surface area contributed by atoms with Crippen LogP contribution >= 0.6 is 23.4 Å². The fourth-order valence-electron chi connectivity index (χ4n) is 4.35. The molecule has 1 atom stereocenters. The number of benzene rings is 4. The molecule has 37 heavy (non-hydrogen) atoms. The monoisotopic (exact) mass is 530 g/mol. The zero-order valence-corrected chi connectivity index (χ0v) is 20.9. The van der Waals surface area contributed by atoms with Crippen molar-refractivity contribution < 1.29 is 19.1 Å². The van der Waals surface area contributed by atoms with E-state index in [-0.39, 0.29) is 12.0 Å². The number of rotatable bonds is 6. The number of fused-ring (bicyclic) bond motifs is 2. The number of amides is 1. The smallest absolute Gasteiger partial charge is 0.335 e. The maximum absolute atomic E-state index is 15.6. The SMILES string of the molecule is NC(=O)C(Cc1c(F)ccc2c1C(c1ccc(Cl)cc1)=Nc1cc(C(=O)O)ccc1S2)c1ccccc1. The summed E-state index contributed by atoms with van der Waals surface area (Å²) in [7, 11) is 0. The molecular weight excluding hydrogens is 511 g/mol. The number of primary amides is 1. The molecule has 5 rings (SSSR count). The Morgan fingerprint density at radius 3 is 2.35 bits per heavy atom. The lowest BCUT2D eigenvalue weighted by Gasteiger charge is -2.20. The quantitative estimate of drug-likeness (QED) is 0.258. The van der Waals surface area contributed by atoms with Crippen molar-refractivity contribution in [3.8, 4) is 0 Å². The van der Waals surface area contributed by atoms with Crippen LogP contribution in [0, 0.1) is 5.82 Å². The second kappa shape index (κ2) is 10.2. The fraction of sp³-hybridized carbons (Fsp3) is 0.0690.